The van der Waals surface area contributed by atoms with Crippen LogP contribution in [0.3, 0.4) is 0 Å². The Bertz CT molecular complexity index is 384. The first-order valence-corrected chi connectivity index (χ1v) is 6.59. The third-order valence-electron chi connectivity index (χ3n) is 2.61. The maximum absolute atomic E-state index is 11.9. The second-order valence-electron chi connectivity index (χ2n) is 4.42. The number of carbonyl (C=O) groups is 1. The van der Waals surface area contributed by atoms with Crippen molar-refractivity contribution in [2.75, 3.05) is 33.8 Å². The Morgan fingerprint density at radius 3 is 2.47 bits per heavy atom. The van der Waals surface area contributed by atoms with E-state index in [4.69, 9.17) is 0 Å². The van der Waals surface area contributed by atoms with Crippen molar-refractivity contribution < 1.29 is 23.1 Å². The summed E-state index contributed by atoms with van der Waals surface area (Å²) in [6.07, 6.45) is 0.0104. The van der Waals surface area contributed by atoms with E-state index < -0.39 is 21.8 Å². The van der Waals surface area contributed by atoms with Gasteiger partial charge in [0.25, 0.3) is 10.2 Å². The van der Waals surface area contributed by atoms with Crippen LogP contribution in [0.5, 0.6) is 0 Å². The van der Waals surface area contributed by atoms with Crippen LogP contribution in [0.2, 0.25) is 0 Å². The molecule has 100 valence electrons. The topological polar surface area (TPSA) is 87.2 Å². The van der Waals surface area contributed by atoms with Crippen LogP contribution < -0.4 is 0 Å². The van der Waals surface area contributed by atoms with E-state index in [1.165, 1.54) is 18.5 Å². The van der Waals surface area contributed by atoms with Crippen LogP contribution in [0.1, 0.15) is 13.3 Å². The maximum Gasteiger partial charge on any atom is 0.306 e. The first kappa shape index (κ1) is 14.4. The molecule has 1 N–H and O–H groups in total. The fourth-order valence-corrected chi connectivity index (χ4v) is 3.14. The number of ether oxygens (including phenoxy) is 1. The number of β-amino-alcohol motifs (C(OH)–C–C–N with tert-alkyl or cyclic N) is 1. The summed E-state index contributed by atoms with van der Waals surface area (Å²) >= 11 is 0. The molecular formula is C9H18N2O5S. The van der Waals surface area contributed by atoms with Crippen molar-refractivity contribution in [1.82, 2.24) is 8.61 Å². The smallest absolute Gasteiger partial charge is 0.306 e. The number of methoxy groups -OCH3 is 1. The summed E-state index contributed by atoms with van der Waals surface area (Å²) in [5, 5.41) is 9.49. The molecule has 0 unspecified atom stereocenters. The average Bonchev–Trinajstić information content (AvgIpc) is 2.21. The van der Waals surface area contributed by atoms with Gasteiger partial charge in [-0.2, -0.15) is 17.0 Å². The standard InChI is InChI=1S/C9H18N2O5S/c1-9(13)6-11(7-9)17(14,15)10(2)5-4-8(12)16-3/h13H,4-7H2,1-3H3. The van der Waals surface area contributed by atoms with E-state index in [0.717, 1.165) is 4.31 Å². The Labute approximate surface area is 101 Å². The summed E-state index contributed by atoms with van der Waals surface area (Å²) in [5.74, 6) is -0.456. The minimum atomic E-state index is -3.58. The number of hydrogen-bond acceptors (Lipinski definition) is 5. The summed E-state index contributed by atoms with van der Waals surface area (Å²) in [6.45, 7) is 1.80. The van der Waals surface area contributed by atoms with Crippen molar-refractivity contribution in [2.45, 2.75) is 18.9 Å². The Hall–Kier alpha value is -0.700. The Kier molecular flexibility index (Phi) is 4.13. The quantitative estimate of drug-likeness (QED) is 0.631. The van der Waals surface area contributed by atoms with Gasteiger partial charge in [-0.25, -0.2) is 0 Å². The number of carbonyl (C=O) groups excluding carboxylic acids is 1. The molecule has 0 aliphatic carbocycles. The largest absolute Gasteiger partial charge is 0.469 e. The van der Waals surface area contributed by atoms with Crippen molar-refractivity contribution in [1.29, 1.82) is 0 Å². The van der Waals surface area contributed by atoms with Gasteiger partial charge in [-0.1, -0.05) is 0 Å². The lowest BCUT2D eigenvalue weighted by atomic mass is 10.0. The van der Waals surface area contributed by atoms with Gasteiger partial charge >= 0.3 is 5.97 Å². The molecule has 0 spiro atoms. The predicted octanol–water partition coefficient (Wildman–Crippen LogP) is -1.21. The molecular weight excluding hydrogens is 248 g/mol. The highest BCUT2D eigenvalue weighted by Gasteiger charge is 2.44. The third kappa shape index (κ3) is 3.38. The summed E-state index contributed by atoms with van der Waals surface area (Å²) < 4.78 is 30.5. The van der Waals surface area contributed by atoms with E-state index >= 15 is 0 Å². The Balaban J connectivity index is 2.51. The van der Waals surface area contributed by atoms with Crippen LogP contribution in [0, 0.1) is 0 Å². The van der Waals surface area contributed by atoms with Crippen molar-refractivity contribution in [3.63, 3.8) is 0 Å². The number of aliphatic hydroxyl groups is 1. The summed E-state index contributed by atoms with van der Waals surface area (Å²) in [7, 11) is -0.931. The van der Waals surface area contributed by atoms with Crippen LogP contribution in [-0.4, -0.2) is 67.5 Å². The van der Waals surface area contributed by atoms with Gasteiger partial charge in [0.1, 0.15) is 0 Å². The van der Waals surface area contributed by atoms with Crippen molar-refractivity contribution in [2.24, 2.45) is 0 Å². The molecule has 1 saturated heterocycles. The van der Waals surface area contributed by atoms with E-state index in [9.17, 15) is 18.3 Å². The molecule has 1 rings (SSSR count). The molecule has 0 aromatic rings. The van der Waals surface area contributed by atoms with Crippen molar-refractivity contribution in [3.05, 3.63) is 0 Å². The van der Waals surface area contributed by atoms with Crippen LogP contribution in [0.15, 0.2) is 0 Å². The zero-order valence-corrected chi connectivity index (χ0v) is 11.0. The monoisotopic (exact) mass is 266 g/mol. The maximum atomic E-state index is 11.9. The SMILES string of the molecule is COC(=O)CCN(C)S(=O)(=O)N1CC(C)(O)C1. The van der Waals surface area contributed by atoms with Crippen LogP contribution in [0.4, 0.5) is 0 Å². The third-order valence-corrected chi connectivity index (χ3v) is 4.49. The molecule has 0 bridgehead atoms. The highest BCUT2D eigenvalue weighted by atomic mass is 32.2. The van der Waals surface area contributed by atoms with Gasteiger partial charge in [0.15, 0.2) is 0 Å². The second kappa shape index (κ2) is 4.89. The molecule has 0 amide bonds. The number of esters is 1. The van der Waals surface area contributed by atoms with E-state index in [2.05, 4.69) is 4.74 Å². The van der Waals surface area contributed by atoms with Gasteiger partial charge in [0.05, 0.1) is 19.1 Å². The molecule has 8 heteroatoms. The molecule has 0 aromatic carbocycles. The molecule has 1 aliphatic rings. The zero-order chi connectivity index (χ0) is 13.3. The average molecular weight is 266 g/mol. The van der Waals surface area contributed by atoms with Gasteiger partial charge in [-0.15, -0.1) is 0 Å². The predicted molar refractivity (Wildman–Crippen MR) is 60.4 cm³/mol. The normalized spacial score (nSPS) is 20.1. The number of rotatable bonds is 5. The summed E-state index contributed by atoms with van der Waals surface area (Å²) in [4.78, 5) is 10.9. The summed E-state index contributed by atoms with van der Waals surface area (Å²) in [5.41, 5.74) is -0.948. The van der Waals surface area contributed by atoms with Crippen molar-refractivity contribution in [3.8, 4) is 0 Å². The lowest BCUT2D eigenvalue weighted by molar-refractivity contribution is -0.140. The molecule has 0 radical (unpaired) electrons. The highest BCUT2D eigenvalue weighted by Crippen LogP contribution is 2.24. The first-order valence-electron chi connectivity index (χ1n) is 5.20. The molecule has 17 heavy (non-hydrogen) atoms. The number of nitrogens with zero attached hydrogens (tertiary/aromatic N) is 2. The second-order valence-corrected chi connectivity index (χ2v) is 6.46. The molecule has 0 atom stereocenters. The molecule has 1 aliphatic heterocycles. The zero-order valence-electron chi connectivity index (χ0n) is 10.2. The van der Waals surface area contributed by atoms with E-state index in [-0.39, 0.29) is 26.1 Å². The van der Waals surface area contributed by atoms with Gasteiger partial charge < -0.3 is 9.84 Å². The fourth-order valence-electron chi connectivity index (χ4n) is 1.54. The van der Waals surface area contributed by atoms with Crippen LogP contribution in [-0.2, 0) is 19.7 Å². The Morgan fingerprint density at radius 2 is 2.06 bits per heavy atom. The van der Waals surface area contributed by atoms with Crippen LogP contribution >= 0.6 is 0 Å². The van der Waals surface area contributed by atoms with Gasteiger partial charge in [0, 0.05) is 26.7 Å². The molecule has 0 aromatic heterocycles. The van der Waals surface area contributed by atoms with Crippen LogP contribution in [0.25, 0.3) is 0 Å². The lowest BCUT2D eigenvalue weighted by Crippen LogP contribution is -2.63. The van der Waals surface area contributed by atoms with Gasteiger partial charge in [-0.05, 0) is 6.92 Å². The summed E-state index contributed by atoms with van der Waals surface area (Å²) in [6, 6.07) is 0. The van der Waals surface area contributed by atoms with E-state index in [1.807, 2.05) is 0 Å². The van der Waals surface area contributed by atoms with Gasteiger partial charge in [-0.3, -0.25) is 4.79 Å². The van der Waals surface area contributed by atoms with E-state index in [1.54, 1.807) is 6.92 Å². The number of hydrogen-bond donors (Lipinski definition) is 1. The Morgan fingerprint density at radius 1 is 1.53 bits per heavy atom. The van der Waals surface area contributed by atoms with Gasteiger partial charge in [0.2, 0.25) is 0 Å². The van der Waals surface area contributed by atoms with E-state index in [0.29, 0.717) is 0 Å². The molecule has 1 heterocycles. The minimum Gasteiger partial charge on any atom is -0.469 e. The first-order chi connectivity index (χ1) is 7.69. The minimum absolute atomic E-state index is 0.0104. The molecule has 7 nitrogen and oxygen atoms in total. The molecule has 0 saturated carbocycles. The van der Waals surface area contributed by atoms with Crippen molar-refractivity contribution >= 4 is 16.2 Å². The fraction of sp³-hybridized carbons (Fsp3) is 0.889. The molecule has 1 fully saturated rings. The lowest BCUT2D eigenvalue weighted by Gasteiger charge is -2.44. The highest BCUT2D eigenvalue weighted by molar-refractivity contribution is 7.86.